The van der Waals surface area contributed by atoms with Crippen molar-refractivity contribution in [1.29, 1.82) is 0 Å². The van der Waals surface area contributed by atoms with E-state index in [9.17, 15) is 14.5 Å². The number of rotatable bonds is 5. The number of nitro groups is 1. The third-order valence-corrected chi connectivity index (χ3v) is 3.14. The van der Waals surface area contributed by atoms with Crippen LogP contribution >= 0.6 is 0 Å². The molecule has 5 nitrogen and oxygen atoms in total. The van der Waals surface area contributed by atoms with Crippen LogP contribution in [-0.4, -0.2) is 19.1 Å². The summed E-state index contributed by atoms with van der Waals surface area (Å²) in [7, 11) is 3.25. The number of non-ortho nitro benzene ring substituents is 1. The van der Waals surface area contributed by atoms with Crippen molar-refractivity contribution in [1.82, 2.24) is 0 Å². The zero-order chi connectivity index (χ0) is 15.4. The van der Waals surface area contributed by atoms with Gasteiger partial charge in [-0.2, -0.15) is 0 Å². The molecule has 0 bridgehead atoms. The van der Waals surface area contributed by atoms with Crippen molar-refractivity contribution in [3.63, 3.8) is 0 Å². The van der Waals surface area contributed by atoms with Crippen molar-refractivity contribution in [3.8, 4) is 5.75 Å². The van der Waals surface area contributed by atoms with Gasteiger partial charge in [0.25, 0.3) is 5.69 Å². The van der Waals surface area contributed by atoms with Gasteiger partial charge in [0.15, 0.2) is 11.6 Å². The molecule has 0 fully saturated rings. The zero-order valence-corrected chi connectivity index (χ0v) is 11.7. The molecule has 0 aliphatic heterocycles. The highest BCUT2D eigenvalue weighted by molar-refractivity contribution is 5.50. The number of anilines is 1. The highest BCUT2D eigenvalue weighted by Crippen LogP contribution is 2.22. The van der Waals surface area contributed by atoms with Gasteiger partial charge in [0.1, 0.15) is 0 Å². The molecule has 0 saturated carbocycles. The van der Waals surface area contributed by atoms with Crippen LogP contribution in [0.1, 0.15) is 5.56 Å². The van der Waals surface area contributed by atoms with E-state index in [-0.39, 0.29) is 11.4 Å². The fourth-order valence-corrected chi connectivity index (χ4v) is 2.00. The van der Waals surface area contributed by atoms with E-state index in [1.807, 2.05) is 11.9 Å². The first-order valence-corrected chi connectivity index (χ1v) is 6.29. The topological polar surface area (TPSA) is 55.6 Å². The SMILES string of the molecule is COc1ccc(CN(C)c2ccc([N+](=O)[O-])cc2)cc1F. The lowest BCUT2D eigenvalue weighted by atomic mass is 10.2. The molecular formula is C15H15FN2O3. The number of ether oxygens (including phenoxy) is 1. The maximum atomic E-state index is 13.6. The molecule has 2 rings (SSSR count). The minimum absolute atomic E-state index is 0.0441. The first kappa shape index (κ1) is 14.8. The summed E-state index contributed by atoms with van der Waals surface area (Å²) in [6.07, 6.45) is 0. The van der Waals surface area contributed by atoms with Gasteiger partial charge >= 0.3 is 0 Å². The van der Waals surface area contributed by atoms with Gasteiger partial charge in [-0.3, -0.25) is 10.1 Å². The third kappa shape index (κ3) is 3.47. The van der Waals surface area contributed by atoms with Gasteiger partial charge in [-0.15, -0.1) is 0 Å². The van der Waals surface area contributed by atoms with Crippen LogP contribution in [0.15, 0.2) is 42.5 Å². The fraction of sp³-hybridized carbons (Fsp3) is 0.200. The number of benzene rings is 2. The second kappa shape index (κ2) is 6.21. The Morgan fingerprint density at radius 3 is 2.43 bits per heavy atom. The smallest absolute Gasteiger partial charge is 0.269 e. The molecule has 110 valence electrons. The minimum atomic E-state index is -0.442. The van der Waals surface area contributed by atoms with E-state index in [2.05, 4.69) is 0 Å². The van der Waals surface area contributed by atoms with Crippen molar-refractivity contribution in [2.45, 2.75) is 6.54 Å². The van der Waals surface area contributed by atoms with Crippen molar-refractivity contribution < 1.29 is 14.1 Å². The highest BCUT2D eigenvalue weighted by Gasteiger charge is 2.09. The van der Waals surface area contributed by atoms with E-state index in [1.54, 1.807) is 24.3 Å². The minimum Gasteiger partial charge on any atom is -0.494 e. The van der Waals surface area contributed by atoms with Crippen LogP contribution in [0, 0.1) is 15.9 Å². The molecule has 0 saturated heterocycles. The fourth-order valence-electron chi connectivity index (χ4n) is 2.00. The number of methoxy groups -OCH3 is 1. The molecule has 0 unspecified atom stereocenters. The van der Waals surface area contributed by atoms with Crippen LogP contribution in [0.3, 0.4) is 0 Å². The highest BCUT2D eigenvalue weighted by atomic mass is 19.1. The summed E-state index contributed by atoms with van der Waals surface area (Å²) in [6, 6.07) is 11.0. The maximum absolute atomic E-state index is 13.6. The summed E-state index contributed by atoms with van der Waals surface area (Å²) < 4.78 is 18.5. The summed E-state index contributed by atoms with van der Waals surface area (Å²) in [4.78, 5) is 12.0. The molecule has 0 radical (unpaired) electrons. The molecule has 6 heteroatoms. The zero-order valence-electron chi connectivity index (χ0n) is 11.7. The Morgan fingerprint density at radius 1 is 1.24 bits per heavy atom. The number of hydrogen-bond donors (Lipinski definition) is 0. The van der Waals surface area contributed by atoms with Crippen molar-refractivity contribution >= 4 is 11.4 Å². The summed E-state index contributed by atoms with van der Waals surface area (Å²) in [5.41, 5.74) is 1.65. The normalized spacial score (nSPS) is 10.2. The average Bonchev–Trinajstić information content (AvgIpc) is 2.47. The lowest BCUT2D eigenvalue weighted by Gasteiger charge is -2.19. The first-order chi connectivity index (χ1) is 10.0. The summed E-state index contributed by atoms with van der Waals surface area (Å²) >= 11 is 0. The van der Waals surface area contributed by atoms with E-state index < -0.39 is 10.7 Å². The molecule has 2 aromatic carbocycles. The molecule has 0 atom stereocenters. The number of nitrogens with zero attached hydrogens (tertiary/aromatic N) is 2. The molecule has 0 heterocycles. The molecule has 0 amide bonds. The Kier molecular flexibility index (Phi) is 4.37. The van der Waals surface area contributed by atoms with Crippen molar-refractivity contribution in [2.75, 3.05) is 19.1 Å². The van der Waals surface area contributed by atoms with E-state index in [0.29, 0.717) is 6.54 Å². The maximum Gasteiger partial charge on any atom is 0.269 e. The first-order valence-electron chi connectivity index (χ1n) is 6.29. The van der Waals surface area contributed by atoms with Gasteiger partial charge in [-0.1, -0.05) is 6.07 Å². The number of hydrogen-bond acceptors (Lipinski definition) is 4. The van der Waals surface area contributed by atoms with Gasteiger partial charge in [-0.25, -0.2) is 4.39 Å². The second-order valence-corrected chi connectivity index (χ2v) is 4.60. The molecule has 21 heavy (non-hydrogen) atoms. The standard InChI is InChI=1S/C15H15FN2O3/c1-17(12-4-6-13(7-5-12)18(19)20)10-11-3-8-15(21-2)14(16)9-11/h3-9H,10H2,1-2H3. The third-order valence-electron chi connectivity index (χ3n) is 3.14. The van der Waals surface area contributed by atoms with E-state index in [4.69, 9.17) is 4.74 Å². The Labute approximate surface area is 121 Å². The average molecular weight is 290 g/mol. The van der Waals surface area contributed by atoms with Crippen molar-refractivity contribution in [3.05, 3.63) is 64.0 Å². The van der Waals surface area contributed by atoms with Crippen molar-refractivity contribution in [2.24, 2.45) is 0 Å². The Morgan fingerprint density at radius 2 is 1.90 bits per heavy atom. The van der Waals surface area contributed by atoms with E-state index >= 15 is 0 Å². The summed E-state index contributed by atoms with van der Waals surface area (Å²) in [6.45, 7) is 0.485. The Hall–Kier alpha value is -2.63. The predicted molar refractivity (Wildman–Crippen MR) is 78.2 cm³/mol. The Bertz CT molecular complexity index is 644. The lowest BCUT2D eigenvalue weighted by molar-refractivity contribution is -0.384. The van der Waals surface area contributed by atoms with Crippen LogP contribution in [0.2, 0.25) is 0 Å². The van der Waals surface area contributed by atoms with Gasteiger partial charge in [-0.05, 0) is 29.8 Å². The van der Waals surface area contributed by atoms with Crippen LogP contribution in [-0.2, 0) is 6.54 Å². The molecular weight excluding hydrogens is 275 g/mol. The monoisotopic (exact) mass is 290 g/mol. The second-order valence-electron chi connectivity index (χ2n) is 4.60. The number of nitro benzene ring substituents is 1. The summed E-state index contributed by atoms with van der Waals surface area (Å²) in [5.74, 6) is -0.205. The van der Waals surface area contributed by atoms with Gasteiger partial charge in [0.2, 0.25) is 0 Å². The lowest BCUT2D eigenvalue weighted by Crippen LogP contribution is -2.16. The van der Waals surface area contributed by atoms with E-state index in [1.165, 1.54) is 25.3 Å². The number of halogens is 1. The molecule has 0 aliphatic carbocycles. The molecule has 0 N–H and O–H groups in total. The van der Waals surface area contributed by atoms with Gasteiger partial charge < -0.3 is 9.64 Å². The molecule has 0 aliphatic rings. The van der Waals surface area contributed by atoms with E-state index in [0.717, 1.165) is 11.3 Å². The largest absolute Gasteiger partial charge is 0.494 e. The summed E-state index contributed by atoms with van der Waals surface area (Å²) in [5, 5.41) is 10.6. The Balaban J connectivity index is 2.12. The molecule has 2 aromatic rings. The van der Waals surface area contributed by atoms with Gasteiger partial charge in [0, 0.05) is 31.4 Å². The molecule has 0 spiro atoms. The quantitative estimate of drug-likeness (QED) is 0.625. The predicted octanol–water partition coefficient (Wildman–Crippen LogP) is 3.38. The molecule has 0 aromatic heterocycles. The van der Waals surface area contributed by atoms with Crippen LogP contribution in [0.25, 0.3) is 0 Å². The van der Waals surface area contributed by atoms with Crippen LogP contribution < -0.4 is 9.64 Å². The van der Waals surface area contributed by atoms with Crippen LogP contribution in [0.5, 0.6) is 5.75 Å². The van der Waals surface area contributed by atoms with Crippen LogP contribution in [0.4, 0.5) is 15.8 Å². The van der Waals surface area contributed by atoms with Gasteiger partial charge in [0.05, 0.1) is 12.0 Å².